The fourth-order valence-corrected chi connectivity index (χ4v) is 4.47. The molecule has 1 aromatic carbocycles. The van der Waals surface area contributed by atoms with E-state index >= 15 is 0 Å². The van der Waals surface area contributed by atoms with Crippen molar-refractivity contribution in [3.63, 3.8) is 0 Å². The predicted molar refractivity (Wildman–Crippen MR) is 109 cm³/mol. The van der Waals surface area contributed by atoms with Crippen LogP contribution >= 0.6 is 0 Å². The van der Waals surface area contributed by atoms with Gasteiger partial charge in [0.05, 0.1) is 23.3 Å². The van der Waals surface area contributed by atoms with Gasteiger partial charge in [0.25, 0.3) is 5.91 Å². The van der Waals surface area contributed by atoms with Crippen molar-refractivity contribution in [1.29, 1.82) is 0 Å². The number of benzene rings is 1. The molecule has 1 aliphatic heterocycles. The number of carbonyl (C=O) groups is 2. The van der Waals surface area contributed by atoms with Crippen LogP contribution in [0.25, 0.3) is 0 Å². The number of esters is 1. The summed E-state index contributed by atoms with van der Waals surface area (Å²) in [6, 6.07) is 8.90. The van der Waals surface area contributed by atoms with E-state index in [0.29, 0.717) is 12.3 Å². The van der Waals surface area contributed by atoms with Crippen molar-refractivity contribution >= 4 is 21.9 Å². The van der Waals surface area contributed by atoms with Crippen LogP contribution in [0.2, 0.25) is 0 Å². The van der Waals surface area contributed by atoms with Gasteiger partial charge in [-0.15, -0.1) is 0 Å². The molecule has 162 valence electrons. The van der Waals surface area contributed by atoms with Crippen LogP contribution in [0.4, 0.5) is 0 Å². The zero-order chi connectivity index (χ0) is 21.6. The van der Waals surface area contributed by atoms with Crippen molar-refractivity contribution in [1.82, 2.24) is 9.62 Å². The number of likely N-dealkylation sites (tertiary alicyclic amines) is 1. The summed E-state index contributed by atoms with van der Waals surface area (Å²) in [7, 11) is -3.75. The van der Waals surface area contributed by atoms with Gasteiger partial charge < -0.3 is 14.1 Å². The summed E-state index contributed by atoms with van der Waals surface area (Å²) in [5.74, 6) is -0.375. The third kappa shape index (κ3) is 5.48. The molecule has 0 spiro atoms. The molecule has 1 fully saturated rings. The van der Waals surface area contributed by atoms with Gasteiger partial charge in [0.1, 0.15) is 5.76 Å². The molecule has 1 amide bonds. The van der Waals surface area contributed by atoms with E-state index in [4.69, 9.17) is 9.15 Å². The van der Waals surface area contributed by atoms with Gasteiger partial charge in [-0.1, -0.05) is 6.92 Å². The molecule has 8 nitrogen and oxygen atoms in total. The Balaban J connectivity index is 1.54. The Bertz CT molecular complexity index is 954. The number of ether oxygens (including phenoxy) is 1. The molecule has 3 rings (SSSR count). The second-order valence-corrected chi connectivity index (χ2v) is 8.92. The fraction of sp³-hybridized carbons (Fsp3) is 0.429. The van der Waals surface area contributed by atoms with Crippen molar-refractivity contribution < 1.29 is 27.2 Å². The molecule has 0 aliphatic carbocycles. The molecule has 1 unspecified atom stereocenters. The Labute approximate surface area is 176 Å². The molecule has 1 saturated heterocycles. The van der Waals surface area contributed by atoms with Crippen LogP contribution in [0.15, 0.2) is 52.0 Å². The van der Waals surface area contributed by atoms with Gasteiger partial charge in [0.2, 0.25) is 10.0 Å². The minimum Gasteiger partial charge on any atom is -0.468 e. The number of sulfonamides is 1. The number of nitrogens with zero attached hydrogens (tertiary/aromatic N) is 1. The molecule has 0 radical (unpaired) electrons. The van der Waals surface area contributed by atoms with Gasteiger partial charge in [-0.25, -0.2) is 17.9 Å². The van der Waals surface area contributed by atoms with Crippen molar-refractivity contribution in [2.75, 3.05) is 13.2 Å². The van der Waals surface area contributed by atoms with Crippen LogP contribution in [-0.4, -0.2) is 44.4 Å². The smallest absolute Gasteiger partial charge is 0.338 e. The lowest BCUT2D eigenvalue weighted by Gasteiger charge is -2.35. The third-order valence-corrected chi connectivity index (χ3v) is 6.58. The Morgan fingerprint density at radius 3 is 2.63 bits per heavy atom. The monoisotopic (exact) mass is 434 g/mol. The van der Waals surface area contributed by atoms with E-state index in [0.717, 1.165) is 25.7 Å². The topological polar surface area (TPSA) is 106 Å². The highest BCUT2D eigenvalue weighted by Gasteiger charge is 2.26. The second kappa shape index (κ2) is 9.90. The zero-order valence-corrected chi connectivity index (χ0v) is 17.7. The summed E-state index contributed by atoms with van der Waals surface area (Å²) in [4.78, 5) is 26.5. The maximum Gasteiger partial charge on any atom is 0.338 e. The van der Waals surface area contributed by atoms with E-state index < -0.39 is 16.0 Å². The van der Waals surface area contributed by atoms with Gasteiger partial charge in [-0.3, -0.25) is 4.79 Å². The average Bonchev–Trinajstić information content (AvgIpc) is 3.30. The number of rotatable bonds is 8. The first-order valence-corrected chi connectivity index (χ1v) is 11.5. The van der Waals surface area contributed by atoms with Gasteiger partial charge in [0.15, 0.2) is 6.61 Å². The molecule has 9 heteroatoms. The molecule has 2 aromatic rings. The van der Waals surface area contributed by atoms with Crippen LogP contribution < -0.4 is 4.72 Å². The minimum atomic E-state index is -3.75. The maximum atomic E-state index is 12.4. The predicted octanol–water partition coefficient (Wildman–Crippen LogP) is 2.71. The molecule has 1 N–H and O–H groups in total. The highest BCUT2D eigenvalue weighted by atomic mass is 32.2. The molecule has 0 bridgehead atoms. The first-order chi connectivity index (χ1) is 14.4. The molecule has 1 atom stereocenters. The van der Waals surface area contributed by atoms with Gasteiger partial charge in [-0.05, 0) is 62.1 Å². The number of nitrogens with one attached hydrogen (secondary N) is 1. The van der Waals surface area contributed by atoms with Gasteiger partial charge in [0, 0.05) is 12.6 Å². The zero-order valence-electron chi connectivity index (χ0n) is 16.9. The molecule has 30 heavy (non-hydrogen) atoms. The van der Waals surface area contributed by atoms with E-state index in [2.05, 4.69) is 4.72 Å². The molecule has 1 aromatic heterocycles. The summed E-state index contributed by atoms with van der Waals surface area (Å²) >= 11 is 0. The second-order valence-electron chi connectivity index (χ2n) is 7.15. The van der Waals surface area contributed by atoms with Crippen molar-refractivity contribution in [3.8, 4) is 0 Å². The third-order valence-electron chi connectivity index (χ3n) is 5.16. The molecule has 2 heterocycles. The SMILES string of the molecule is CCC1CCCCN1C(=O)COC(=O)c1ccc(S(=O)(=O)NCc2ccco2)cc1. The van der Waals surface area contributed by atoms with Crippen molar-refractivity contribution in [3.05, 3.63) is 54.0 Å². The average molecular weight is 435 g/mol. The molecular weight excluding hydrogens is 408 g/mol. The number of piperidine rings is 1. The summed E-state index contributed by atoms with van der Waals surface area (Å²) in [6.45, 7) is 2.43. The van der Waals surface area contributed by atoms with Crippen LogP contribution in [0.1, 0.15) is 48.7 Å². The normalized spacial score (nSPS) is 17.0. The van der Waals surface area contributed by atoms with E-state index in [1.165, 1.54) is 30.5 Å². The lowest BCUT2D eigenvalue weighted by atomic mass is 10.00. The quantitative estimate of drug-likeness (QED) is 0.641. The lowest BCUT2D eigenvalue weighted by molar-refractivity contribution is -0.138. The van der Waals surface area contributed by atoms with Crippen molar-refractivity contribution in [2.45, 2.75) is 50.1 Å². The minimum absolute atomic E-state index is 0.0146. The Morgan fingerprint density at radius 1 is 1.20 bits per heavy atom. The van der Waals surface area contributed by atoms with Crippen LogP contribution in [0, 0.1) is 0 Å². The summed E-state index contributed by atoms with van der Waals surface area (Å²) in [5, 5.41) is 0. The highest BCUT2D eigenvalue weighted by Crippen LogP contribution is 2.19. The number of hydrogen-bond donors (Lipinski definition) is 1. The largest absolute Gasteiger partial charge is 0.468 e. The lowest BCUT2D eigenvalue weighted by Crippen LogP contribution is -2.45. The van der Waals surface area contributed by atoms with Crippen molar-refractivity contribution in [2.24, 2.45) is 0 Å². The molecule has 1 aliphatic rings. The Morgan fingerprint density at radius 2 is 1.97 bits per heavy atom. The Kier molecular flexibility index (Phi) is 7.28. The summed E-state index contributed by atoms with van der Waals surface area (Å²) in [6.07, 6.45) is 5.37. The highest BCUT2D eigenvalue weighted by molar-refractivity contribution is 7.89. The van der Waals surface area contributed by atoms with Crippen LogP contribution in [0.5, 0.6) is 0 Å². The number of hydrogen-bond acceptors (Lipinski definition) is 6. The number of amides is 1. The Hall–Kier alpha value is -2.65. The van der Waals surface area contributed by atoms with Gasteiger partial charge >= 0.3 is 5.97 Å². The van der Waals surface area contributed by atoms with E-state index in [1.54, 1.807) is 17.0 Å². The van der Waals surface area contributed by atoms with E-state index in [-0.39, 0.29) is 35.6 Å². The number of carbonyl (C=O) groups excluding carboxylic acids is 2. The first kappa shape index (κ1) is 22.0. The van der Waals surface area contributed by atoms with Crippen LogP contribution in [-0.2, 0) is 26.1 Å². The van der Waals surface area contributed by atoms with E-state index in [9.17, 15) is 18.0 Å². The molecular formula is C21H26N2O6S. The molecule has 0 saturated carbocycles. The standard InChI is InChI=1S/C21H26N2O6S/c1-2-17-6-3-4-12-23(17)20(24)15-29-21(25)16-8-10-19(11-9-16)30(26,27)22-14-18-7-5-13-28-18/h5,7-11,13,17,22H,2-4,6,12,14-15H2,1H3. The summed E-state index contributed by atoms with van der Waals surface area (Å²) < 4.78 is 37.4. The van der Waals surface area contributed by atoms with Gasteiger partial charge in [-0.2, -0.15) is 0 Å². The number of furan rings is 1. The van der Waals surface area contributed by atoms with Crippen LogP contribution in [0.3, 0.4) is 0 Å². The maximum absolute atomic E-state index is 12.4. The van der Waals surface area contributed by atoms with E-state index in [1.807, 2.05) is 6.92 Å². The summed E-state index contributed by atoms with van der Waals surface area (Å²) in [5.41, 5.74) is 0.179. The fourth-order valence-electron chi connectivity index (χ4n) is 3.48. The first-order valence-electron chi connectivity index (χ1n) is 9.99.